The molecule has 0 fully saturated rings. The lowest BCUT2D eigenvalue weighted by molar-refractivity contribution is -0.116. The van der Waals surface area contributed by atoms with E-state index in [0.717, 1.165) is 6.07 Å². The number of benzene rings is 2. The number of halogens is 1. The molecule has 0 aliphatic heterocycles. The second-order valence-corrected chi connectivity index (χ2v) is 5.23. The van der Waals surface area contributed by atoms with Crippen LogP contribution < -0.4 is 19.7 Å². The fourth-order valence-electron chi connectivity index (χ4n) is 2.33. The smallest absolute Gasteiger partial charge is 0.263 e. The Labute approximate surface area is 145 Å². The van der Waals surface area contributed by atoms with E-state index in [1.54, 1.807) is 18.2 Å². The molecule has 2 rings (SSSR count). The molecular formula is C18H19FN2O4. The van der Waals surface area contributed by atoms with Gasteiger partial charge < -0.3 is 19.7 Å². The Morgan fingerprint density at radius 3 is 2.20 bits per heavy atom. The van der Waals surface area contributed by atoms with Crippen molar-refractivity contribution in [2.45, 2.75) is 6.92 Å². The van der Waals surface area contributed by atoms with Gasteiger partial charge in [-0.05, 0) is 30.3 Å². The number of hydrogen-bond donors (Lipinski definition) is 1. The average Bonchev–Trinajstić information content (AvgIpc) is 2.60. The molecular weight excluding hydrogens is 327 g/mol. The quantitative estimate of drug-likeness (QED) is 0.903. The first kappa shape index (κ1) is 18.3. The monoisotopic (exact) mass is 346 g/mol. The van der Waals surface area contributed by atoms with E-state index in [1.807, 2.05) is 0 Å². The predicted octanol–water partition coefficient (Wildman–Crippen LogP) is 3.08. The molecule has 0 aliphatic rings. The highest BCUT2D eigenvalue weighted by Crippen LogP contribution is 2.31. The van der Waals surface area contributed by atoms with Crippen LogP contribution in [0.15, 0.2) is 36.4 Å². The summed E-state index contributed by atoms with van der Waals surface area (Å²) in [5.74, 6) is -0.706. The lowest BCUT2D eigenvalue weighted by atomic mass is 10.1. The van der Waals surface area contributed by atoms with E-state index in [-0.39, 0.29) is 17.2 Å². The molecule has 0 heterocycles. The molecule has 0 bridgehead atoms. The van der Waals surface area contributed by atoms with Gasteiger partial charge in [-0.15, -0.1) is 0 Å². The normalized spacial score (nSPS) is 10.1. The summed E-state index contributed by atoms with van der Waals surface area (Å²) in [7, 11) is 4.40. The zero-order valence-electron chi connectivity index (χ0n) is 14.4. The van der Waals surface area contributed by atoms with Crippen LogP contribution in [0.5, 0.6) is 11.5 Å². The van der Waals surface area contributed by atoms with E-state index < -0.39 is 11.7 Å². The lowest BCUT2D eigenvalue weighted by Gasteiger charge is -2.20. The van der Waals surface area contributed by atoms with E-state index in [2.05, 4.69) is 5.32 Å². The van der Waals surface area contributed by atoms with Gasteiger partial charge in [-0.25, -0.2) is 4.39 Å². The first-order valence-electron chi connectivity index (χ1n) is 7.45. The molecule has 0 radical (unpaired) electrons. The van der Waals surface area contributed by atoms with Crippen molar-refractivity contribution >= 4 is 23.2 Å². The largest absolute Gasteiger partial charge is 0.496 e. The summed E-state index contributed by atoms with van der Waals surface area (Å²) in [6, 6.07) is 8.71. The van der Waals surface area contributed by atoms with Crippen molar-refractivity contribution in [1.29, 1.82) is 0 Å². The maximum Gasteiger partial charge on any atom is 0.263 e. The van der Waals surface area contributed by atoms with Crippen LogP contribution in [-0.4, -0.2) is 33.1 Å². The van der Waals surface area contributed by atoms with Gasteiger partial charge in [-0.2, -0.15) is 0 Å². The Kier molecular flexibility index (Phi) is 5.59. The number of hydrogen-bond acceptors (Lipinski definition) is 4. The van der Waals surface area contributed by atoms with Gasteiger partial charge in [0, 0.05) is 14.0 Å². The van der Waals surface area contributed by atoms with Crippen molar-refractivity contribution in [3.8, 4) is 11.5 Å². The van der Waals surface area contributed by atoms with Crippen LogP contribution in [0.3, 0.4) is 0 Å². The van der Waals surface area contributed by atoms with Crippen LogP contribution in [0, 0.1) is 5.82 Å². The van der Waals surface area contributed by atoms with Gasteiger partial charge in [0.05, 0.1) is 25.6 Å². The summed E-state index contributed by atoms with van der Waals surface area (Å²) >= 11 is 0. The third-order valence-corrected chi connectivity index (χ3v) is 3.70. The van der Waals surface area contributed by atoms with Gasteiger partial charge in [0.25, 0.3) is 5.91 Å². The van der Waals surface area contributed by atoms with Crippen LogP contribution in [0.4, 0.5) is 15.8 Å². The van der Waals surface area contributed by atoms with E-state index in [1.165, 1.54) is 45.2 Å². The Balaban J connectivity index is 2.46. The molecule has 0 aromatic heterocycles. The number of nitrogens with one attached hydrogen (secondary N) is 1. The Bertz CT molecular complexity index is 785. The maximum absolute atomic E-state index is 13.7. The highest BCUT2D eigenvalue weighted by Gasteiger charge is 2.21. The SMILES string of the molecule is COc1cccc(OC)c1C(=O)Nc1cc(F)ccc1N(C)C(C)=O. The lowest BCUT2D eigenvalue weighted by Crippen LogP contribution is -2.25. The molecule has 0 saturated heterocycles. The van der Waals surface area contributed by atoms with E-state index >= 15 is 0 Å². The first-order valence-corrected chi connectivity index (χ1v) is 7.45. The highest BCUT2D eigenvalue weighted by molar-refractivity contribution is 6.10. The minimum Gasteiger partial charge on any atom is -0.496 e. The van der Waals surface area contributed by atoms with Crippen LogP contribution in [0.2, 0.25) is 0 Å². The summed E-state index contributed by atoms with van der Waals surface area (Å²) in [5, 5.41) is 2.62. The number of carbonyl (C=O) groups excluding carboxylic acids is 2. The van der Waals surface area contributed by atoms with Crippen molar-refractivity contribution in [3.63, 3.8) is 0 Å². The molecule has 25 heavy (non-hydrogen) atoms. The molecule has 2 aromatic carbocycles. The molecule has 6 nitrogen and oxygen atoms in total. The zero-order chi connectivity index (χ0) is 18.6. The predicted molar refractivity (Wildman–Crippen MR) is 93.0 cm³/mol. The topological polar surface area (TPSA) is 67.9 Å². The summed E-state index contributed by atoms with van der Waals surface area (Å²) in [5.41, 5.74) is 0.708. The van der Waals surface area contributed by atoms with Gasteiger partial charge in [-0.3, -0.25) is 9.59 Å². The average molecular weight is 346 g/mol. The number of anilines is 2. The third-order valence-electron chi connectivity index (χ3n) is 3.70. The number of rotatable bonds is 5. The minimum atomic E-state index is -0.543. The zero-order valence-corrected chi connectivity index (χ0v) is 14.4. The fourth-order valence-corrected chi connectivity index (χ4v) is 2.33. The number of carbonyl (C=O) groups is 2. The third kappa shape index (κ3) is 3.88. The van der Waals surface area contributed by atoms with E-state index in [9.17, 15) is 14.0 Å². The van der Waals surface area contributed by atoms with Gasteiger partial charge in [-0.1, -0.05) is 6.07 Å². The number of amides is 2. The van der Waals surface area contributed by atoms with Crippen molar-refractivity contribution in [1.82, 2.24) is 0 Å². The number of ether oxygens (including phenoxy) is 2. The van der Waals surface area contributed by atoms with Crippen LogP contribution in [0.25, 0.3) is 0 Å². The second-order valence-electron chi connectivity index (χ2n) is 5.23. The fraction of sp³-hybridized carbons (Fsp3) is 0.222. The molecule has 7 heteroatoms. The number of methoxy groups -OCH3 is 2. The minimum absolute atomic E-state index is 0.163. The molecule has 1 N–H and O–H groups in total. The summed E-state index contributed by atoms with van der Waals surface area (Å²) in [4.78, 5) is 25.7. The molecule has 2 amide bonds. The van der Waals surface area contributed by atoms with Gasteiger partial charge in [0.1, 0.15) is 22.9 Å². The standard InChI is InChI=1S/C18H19FN2O4/c1-11(22)21(2)14-9-8-12(19)10-13(14)20-18(23)17-15(24-3)6-5-7-16(17)25-4/h5-10H,1-4H3,(H,20,23). The van der Waals surface area contributed by atoms with Crippen molar-refractivity contribution in [2.75, 3.05) is 31.5 Å². The van der Waals surface area contributed by atoms with Crippen LogP contribution in [0.1, 0.15) is 17.3 Å². The summed E-state index contributed by atoms with van der Waals surface area (Å²) in [6.07, 6.45) is 0. The van der Waals surface area contributed by atoms with Crippen LogP contribution in [-0.2, 0) is 4.79 Å². The Morgan fingerprint density at radius 2 is 1.68 bits per heavy atom. The second kappa shape index (κ2) is 7.65. The van der Waals surface area contributed by atoms with Crippen molar-refractivity contribution in [2.24, 2.45) is 0 Å². The van der Waals surface area contributed by atoms with E-state index in [4.69, 9.17) is 9.47 Å². The summed E-state index contributed by atoms with van der Waals surface area (Å²) < 4.78 is 24.1. The number of nitrogens with zero attached hydrogens (tertiary/aromatic N) is 1. The molecule has 0 saturated carbocycles. The molecule has 0 aliphatic carbocycles. The summed E-state index contributed by atoms with van der Waals surface area (Å²) in [6.45, 7) is 1.37. The Morgan fingerprint density at radius 1 is 1.08 bits per heavy atom. The Hall–Kier alpha value is -3.09. The van der Waals surface area contributed by atoms with Gasteiger partial charge in [0.2, 0.25) is 5.91 Å². The van der Waals surface area contributed by atoms with Crippen LogP contribution >= 0.6 is 0 Å². The highest BCUT2D eigenvalue weighted by atomic mass is 19.1. The van der Waals surface area contributed by atoms with Gasteiger partial charge >= 0.3 is 0 Å². The van der Waals surface area contributed by atoms with Crippen molar-refractivity contribution in [3.05, 3.63) is 47.8 Å². The van der Waals surface area contributed by atoms with Gasteiger partial charge in [0.15, 0.2) is 0 Å². The first-order chi connectivity index (χ1) is 11.9. The molecule has 2 aromatic rings. The maximum atomic E-state index is 13.7. The van der Waals surface area contributed by atoms with E-state index in [0.29, 0.717) is 17.2 Å². The van der Waals surface area contributed by atoms with Crippen molar-refractivity contribution < 1.29 is 23.5 Å². The molecule has 132 valence electrons. The molecule has 0 spiro atoms. The molecule has 0 atom stereocenters. The molecule has 0 unspecified atom stereocenters.